The van der Waals surface area contributed by atoms with Gasteiger partial charge in [0.15, 0.2) is 0 Å². The third-order valence-electron chi connectivity index (χ3n) is 3.29. The highest BCUT2D eigenvalue weighted by Gasteiger charge is 2.41. The zero-order valence-corrected chi connectivity index (χ0v) is 11.4. The minimum atomic E-state index is -4.85. The molecule has 0 saturated heterocycles. The number of para-hydroxylation sites is 1. The van der Waals surface area contributed by atoms with Crippen LogP contribution in [0.2, 0.25) is 0 Å². The summed E-state index contributed by atoms with van der Waals surface area (Å²) in [5.74, 6) is -1.80. The molecule has 0 spiro atoms. The molecule has 0 bridgehead atoms. The topological polar surface area (TPSA) is 22.0 Å². The summed E-state index contributed by atoms with van der Waals surface area (Å²) in [6, 6.07) is 8.65. The molecule has 1 aromatic carbocycles. The molecule has 2 aromatic rings. The molecular weight excluding hydrogens is 267 g/mol. The van der Waals surface area contributed by atoms with E-state index in [1.807, 2.05) is 31.2 Å². The molecule has 20 heavy (non-hydrogen) atoms. The first-order chi connectivity index (χ1) is 9.23. The minimum absolute atomic E-state index is 0.293. The smallest absolute Gasteiger partial charge is 0.317 e. The van der Waals surface area contributed by atoms with Crippen LogP contribution in [0.3, 0.4) is 0 Å². The molecule has 0 atom stereocenters. The zero-order chi connectivity index (χ0) is 15.1. The number of ketones is 1. The van der Waals surface area contributed by atoms with E-state index in [9.17, 15) is 18.0 Å². The summed E-state index contributed by atoms with van der Waals surface area (Å²) < 4.78 is 39.4. The zero-order valence-electron chi connectivity index (χ0n) is 11.4. The lowest BCUT2D eigenvalue weighted by Crippen LogP contribution is -2.23. The van der Waals surface area contributed by atoms with Crippen LogP contribution in [0.25, 0.3) is 5.69 Å². The van der Waals surface area contributed by atoms with Gasteiger partial charge in [-0.05, 0) is 38.5 Å². The van der Waals surface area contributed by atoms with E-state index in [1.54, 1.807) is 11.5 Å². The monoisotopic (exact) mass is 281 g/mol. The van der Waals surface area contributed by atoms with Gasteiger partial charge in [-0.2, -0.15) is 13.2 Å². The number of hydrogen-bond donors (Lipinski definition) is 0. The Morgan fingerprint density at radius 2 is 1.70 bits per heavy atom. The second-order valence-electron chi connectivity index (χ2n) is 4.73. The largest absolute Gasteiger partial charge is 0.454 e. The number of Topliss-reactive ketones (excluding diaryl/α,β-unsaturated/α-hetero) is 1. The molecule has 2 nitrogen and oxygen atoms in total. The Labute approximate surface area is 114 Å². The number of carbonyl (C=O) groups is 1. The van der Waals surface area contributed by atoms with Crippen LogP contribution >= 0.6 is 0 Å². The molecule has 1 aromatic heterocycles. The first kappa shape index (κ1) is 14.4. The number of hydrogen-bond acceptors (Lipinski definition) is 1. The van der Waals surface area contributed by atoms with Crippen LogP contribution in [0.5, 0.6) is 0 Å². The molecule has 0 aliphatic carbocycles. The van der Waals surface area contributed by atoms with E-state index in [2.05, 4.69) is 0 Å². The highest BCUT2D eigenvalue weighted by atomic mass is 19.4. The summed E-state index contributed by atoms with van der Waals surface area (Å²) in [5, 5.41) is 0. The fourth-order valence-corrected chi connectivity index (χ4v) is 2.33. The van der Waals surface area contributed by atoms with Crippen molar-refractivity contribution in [3.05, 3.63) is 52.8 Å². The van der Waals surface area contributed by atoms with Gasteiger partial charge in [-0.3, -0.25) is 4.79 Å². The van der Waals surface area contributed by atoms with Crippen molar-refractivity contribution in [1.29, 1.82) is 0 Å². The normalized spacial score (nSPS) is 11.7. The van der Waals surface area contributed by atoms with Gasteiger partial charge >= 0.3 is 6.18 Å². The van der Waals surface area contributed by atoms with Crippen molar-refractivity contribution in [3.8, 4) is 5.69 Å². The van der Waals surface area contributed by atoms with Crippen molar-refractivity contribution in [2.24, 2.45) is 0 Å². The van der Waals surface area contributed by atoms with E-state index in [1.165, 1.54) is 13.0 Å². The maximum absolute atomic E-state index is 12.6. The molecule has 0 amide bonds. The number of alkyl halides is 3. The van der Waals surface area contributed by atoms with Gasteiger partial charge in [0.2, 0.25) is 0 Å². The standard InChI is InChI=1S/C15H14F3NO/c1-9-6-4-5-7-13(9)19-10(2)8-12(11(19)3)14(20)15(16,17)18/h4-8H,1-3H3. The lowest BCUT2D eigenvalue weighted by Gasteiger charge is -2.13. The second-order valence-corrected chi connectivity index (χ2v) is 4.73. The summed E-state index contributed by atoms with van der Waals surface area (Å²) in [6.07, 6.45) is -4.85. The maximum atomic E-state index is 12.6. The van der Waals surface area contributed by atoms with E-state index < -0.39 is 12.0 Å². The van der Waals surface area contributed by atoms with E-state index in [4.69, 9.17) is 0 Å². The number of halogens is 3. The van der Waals surface area contributed by atoms with Gasteiger partial charge in [0.25, 0.3) is 5.78 Å². The van der Waals surface area contributed by atoms with Crippen molar-refractivity contribution in [2.45, 2.75) is 26.9 Å². The summed E-state index contributed by atoms with van der Waals surface area (Å²) in [4.78, 5) is 11.4. The van der Waals surface area contributed by atoms with Crippen molar-refractivity contribution in [3.63, 3.8) is 0 Å². The van der Waals surface area contributed by atoms with E-state index in [0.29, 0.717) is 11.4 Å². The molecule has 5 heteroatoms. The first-order valence-corrected chi connectivity index (χ1v) is 6.10. The molecule has 2 rings (SSSR count). The van der Waals surface area contributed by atoms with Crippen molar-refractivity contribution in [1.82, 2.24) is 4.57 Å². The Kier molecular flexibility index (Phi) is 3.46. The summed E-state index contributed by atoms with van der Waals surface area (Å²) in [7, 11) is 0. The average Bonchev–Trinajstić information content (AvgIpc) is 2.64. The Hall–Kier alpha value is -2.04. The van der Waals surface area contributed by atoms with E-state index >= 15 is 0 Å². The molecule has 106 valence electrons. The molecule has 0 N–H and O–H groups in total. The van der Waals surface area contributed by atoms with Gasteiger partial charge in [-0.15, -0.1) is 0 Å². The fourth-order valence-electron chi connectivity index (χ4n) is 2.33. The van der Waals surface area contributed by atoms with Gasteiger partial charge < -0.3 is 4.57 Å². The summed E-state index contributed by atoms with van der Waals surface area (Å²) in [5.41, 5.74) is 2.32. The van der Waals surface area contributed by atoms with E-state index in [0.717, 1.165) is 11.3 Å². The molecule has 0 fully saturated rings. The quantitative estimate of drug-likeness (QED) is 0.758. The number of aromatic nitrogens is 1. The van der Waals surface area contributed by atoms with Gasteiger partial charge in [0.05, 0.1) is 0 Å². The predicted octanol–water partition coefficient (Wildman–Crippen LogP) is 4.15. The SMILES string of the molecule is Cc1ccccc1-n1c(C)cc(C(=O)C(F)(F)F)c1C. The number of benzene rings is 1. The van der Waals surface area contributed by atoms with Gasteiger partial charge in [0, 0.05) is 22.6 Å². The average molecular weight is 281 g/mol. The second kappa shape index (κ2) is 4.81. The number of aryl methyl sites for hydroxylation is 2. The number of rotatable bonds is 2. The number of carbonyl (C=O) groups excluding carboxylic acids is 1. The van der Waals surface area contributed by atoms with Crippen LogP contribution in [0.4, 0.5) is 13.2 Å². The van der Waals surface area contributed by atoms with Crippen LogP contribution in [0.15, 0.2) is 30.3 Å². The van der Waals surface area contributed by atoms with Crippen molar-refractivity contribution >= 4 is 5.78 Å². The van der Waals surface area contributed by atoms with Crippen molar-refractivity contribution < 1.29 is 18.0 Å². The summed E-state index contributed by atoms with van der Waals surface area (Å²) in [6.45, 7) is 5.09. The molecule has 0 aliphatic heterocycles. The van der Waals surface area contributed by atoms with Crippen LogP contribution in [-0.2, 0) is 0 Å². The van der Waals surface area contributed by atoms with E-state index in [-0.39, 0.29) is 5.56 Å². The molecule has 0 saturated carbocycles. The summed E-state index contributed by atoms with van der Waals surface area (Å²) >= 11 is 0. The van der Waals surface area contributed by atoms with Crippen molar-refractivity contribution in [2.75, 3.05) is 0 Å². The van der Waals surface area contributed by atoms with Crippen LogP contribution in [-0.4, -0.2) is 16.5 Å². The third kappa shape index (κ3) is 2.35. The number of nitrogens with zero attached hydrogens (tertiary/aromatic N) is 1. The Morgan fingerprint density at radius 1 is 1.10 bits per heavy atom. The minimum Gasteiger partial charge on any atom is -0.317 e. The highest BCUT2D eigenvalue weighted by Crippen LogP contribution is 2.28. The van der Waals surface area contributed by atoms with Crippen LogP contribution < -0.4 is 0 Å². The van der Waals surface area contributed by atoms with Gasteiger partial charge in [-0.25, -0.2) is 0 Å². The maximum Gasteiger partial charge on any atom is 0.454 e. The van der Waals surface area contributed by atoms with Crippen LogP contribution in [0, 0.1) is 20.8 Å². The Balaban J connectivity index is 2.62. The fraction of sp³-hybridized carbons (Fsp3) is 0.267. The molecule has 0 radical (unpaired) electrons. The molecule has 0 aliphatic rings. The third-order valence-corrected chi connectivity index (χ3v) is 3.29. The molecule has 0 unspecified atom stereocenters. The van der Waals surface area contributed by atoms with Crippen LogP contribution in [0.1, 0.15) is 27.3 Å². The molecular formula is C15H14F3NO. The predicted molar refractivity (Wildman–Crippen MR) is 70.4 cm³/mol. The highest BCUT2D eigenvalue weighted by molar-refractivity contribution is 6.01. The lowest BCUT2D eigenvalue weighted by molar-refractivity contribution is -0.0885. The lowest BCUT2D eigenvalue weighted by atomic mass is 10.1. The van der Waals surface area contributed by atoms with Gasteiger partial charge in [0.1, 0.15) is 0 Å². The Bertz CT molecular complexity index is 668. The Morgan fingerprint density at radius 3 is 2.25 bits per heavy atom. The van der Waals surface area contributed by atoms with Gasteiger partial charge in [-0.1, -0.05) is 18.2 Å². The first-order valence-electron chi connectivity index (χ1n) is 6.10. The molecule has 1 heterocycles.